The van der Waals surface area contributed by atoms with Crippen LogP contribution in [0.1, 0.15) is 23.5 Å². The average Bonchev–Trinajstić information content (AvgIpc) is 3.38. The molecule has 0 bridgehead atoms. The predicted octanol–water partition coefficient (Wildman–Crippen LogP) is 4.44. The van der Waals surface area contributed by atoms with Gasteiger partial charge in [-0.25, -0.2) is 0 Å². The standard InChI is InChI=1S/C21H18O2/c1-23-20(22)21(14-19(21)16-8-3-2-4-9-16)18-12-11-15-7-5-6-10-17(15)13-18/h2-13,19H,14H2,1H3/t19-,21-/m1/s1. The molecule has 0 unspecified atom stereocenters. The smallest absolute Gasteiger partial charge is 0.316 e. The van der Waals surface area contributed by atoms with Crippen LogP contribution in [0.25, 0.3) is 10.8 Å². The predicted molar refractivity (Wildman–Crippen MR) is 91.4 cm³/mol. The van der Waals surface area contributed by atoms with Crippen molar-refractivity contribution in [2.24, 2.45) is 0 Å². The Hall–Kier alpha value is -2.61. The maximum atomic E-state index is 12.6. The van der Waals surface area contributed by atoms with Crippen molar-refractivity contribution in [2.75, 3.05) is 7.11 Å². The van der Waals surface area contributed by atoms with Gasteiger partial charge in [0.1, 0.15) is 5.41 Å². The third-order valence-electron chi connectivity index (χ3n) is 4.98. The Morgan fingerprint density at radius 1 is 0.957 bits per heavy atom. The molecule has 2 heteroatoms. The van der Waals surface area contributed by atoms with E-state index in [1.165, 1.54) is 18.1 Å². The Morgan fingerprint density at radius 2 is 1.65 bits per heavy atom. The molecular formula is C21H18O2. The van der Waals surface area contributed by atoms with E-state index in [1.54, 1.807) is 0 Å². The highest BCUT2D eigenvalue weighted by molar-refractivity contribution is 5.92. The first-order chi connectivity index (χ1) is 11.3. The summed E-state index contributed by atoms with van der Waals surface area (Å²) < 4.78 is 5.16. The molecule has 3 aromatic carbocycles. The first-order valence-electron chi connectivity index (χ1n) is 7.88. The van der Waals surface area contributed by atoms with Gasteiger partial charge in [0, 0.05) is 5.92 Å². The normalized spacial score (nSPS) is 22.7. The van der Waals surface area contributed by atoms with Crippen LogP contribution in [-0.4, -0.2) is 13.1 Å². The Bertz CT molecular complexity index is 869. The van der Waals surface area contributed by atoms with Crippen molar-refractivity contribution in [1.29, 1.82) is 0 Å². The van der Waals surface area contributed by atoms with E-state index in [1.807, 2.05) is 30.3 Å². The molecule has 2 atom stereocenters. The number of fused-ring (bicyclic) bond motifs is 1. The molecule has 1 aliphatic rings. The molecule has 1 saturated carbocycles. The molecular weight excluding hydrogens is 284 g/mol. The molecule has 0 N–H and O–H groups in total. The van der Waals surface area contributed by atoms with Crippen LogP contribution in [0.15, 0.2) is 72.8 Å². The molecule has 2 nitrogen and oxygen atoms in total. The molecule has 0 amide bonds. The number of benzene rings is 3. The molecule has 1 fully saturated rings. The van der Waals surface area contributed by atoms with Crippen LogP contribution >= 0.6 is 0 Å². The van der Waals surface area contributed by atoms with E-state index in [0.717, 1.165) is 17.4 Å². The van der Waals surface area contributed by atoms with Gasteiger partial charge >= 0.3 is 5.97 Å². The molecule has 1 aliphatic carbocycles. The molecule has 23 heavy (non-hydrogen) atoms. The fourth-order valence-corrected chi connectivity index (χ4v) is 3.66. The molecule has 0 heterocycles. The molecule has 0 spiro atoms. The highest BCUT2D eigenvalue weighted by atomic mass is 16.5. The number of carbonyl (C=O) groups excluding carboxylic acids is 1. The lowest BCUT2D eigenvalue weighted by Crippen LogP contribution is -2.24. The highest BCUT2D eigenvalue weighted by Crippen LogP contribution is 2.61. The Balaban J connectivity index is 1.82. The van der Waals surface area contributed by atoms with Crippen molar-refractivity contribution in [3.63, 3.8) is 0 Å². The molecule has 4 rings (SSSR count). The summed E-state index contributed by atoms with van der Waals surface area (Å²) in [4.78, 5) is 12.6. The minimum Gasteiger partial charge on any atom is -0.468 e. The van der Waals surface area contributed by atoms with E-state index >= 15 is 0 Å². The monoisotopic (exact) mass is 302 g/mol. The summed E-state index contributed by atoms with van der Waals surface area (Å²) in [5, 5.41) is 2.35. The van der Waals surface area contributed by atoms with Crippen LogP contribution in [0, 0.1) is 0 Å². The van der Waals surface area contributed by atoms with E-state index in [9.17, 15) is 4.79 Å². The van der Waals surface area contributed by atoms with Gasteiger partial charge in [-0.3, -0.25) is 4.79 Å². The zero-order valence-corrected chi connectivity index (χ0v) is 13.0. The SMILES string of the molecule is COC(=O)[C@@]1(c2ccc3ccccc3c2)C[C@@H]1c1ccccc1. The lowest BCUT2D eigenvalue weighted by molar-refractivity contribution is -0.143. The van der Waals surface area contributed by atoms with E-state index in [0.29, 0.717) is 0 Å². The van der Waals surface area contributed by atoms with Crippen molar-refractivity contribution in [1.82, 2.24) is 0 Å². The fourth-order valence-electron chi connectivity index (χ4n) is 3.66. The Kier molecular flexibility index (Phi) is 3.19. The molecule has 0 aliphatic heterocycles. The van der Waals surface area contributed by atoms with Crippen LogP contribution in [0.3, 0.4) is 0 Å². The average molecular weight is 302 g/mol. The van der Waals surface area contributed by atoms with Gasteiger partial charge in [0.25, 0.3) is 0 Å². The largest absolute Gasteiger partial charge is 0.468 e. The Labute approximate surface area is 135 Å². The van der Waals surface area contributed by atoms with Crippen molar-refractivity contribution in [2.45, 2.75) is 17.8 Å². The maximum absolute atomic E-state index is 12.6. The van der Waals surface area contributed by atoms with Crippen molar-refractivity contribution >= 4 is 16.7 Å². The Morgan fingerprint density at radius 3 is 2.39 bits per heavy atom. The summed E-state index contributed by atoms with van der Waals surface area (Å²) >= 11 is 0. The second kappa shape index (κ2) is 5.24. The summed E-state index contributed by atoms with van der Waals surface area (Å²) in [6, 6.07) is 24.8. The number of methoxy groups -OCH3 is 1. The first kappa shape index (κ1) is 14.0. The third kappa shape index (κ3) is 2.14. The lowest BCUT2D eigenvalue weighted by Gasteiger charge is -2.16. The molecule has 0 aromatic heterocycles. The van der Waals surface area contributed by atoms with Gasteiger partial charge in [0.05, 0.1) is 7.11 Å². The van der Waals surface area contributed by atoms with Gasteiger partial charge in [0.2, 0.25) is 0 Å². The number of ether oxygens (including phenoxy) is 1. The summed E-state index contributed by atoms with van der Waals surface area (Å²) in [7, 11) is 1.48. The summed E-state index contributed by atoms with van der Waals surface area (Å²) in [5.41, 5.74) is 1.71. The summed E-state index contributed by atoms with van der Waals surface area (Å²) in [6.07, 6.45) is 0.808. The van der Waals surface area contributed by atoms with E-state index in [4.69, 9.17) is 4.74 Å². The van der Waals surface area contributed by atoms with Gasteiger partial charge < -0.3 is 4.74 Å². The van der Waals surface area contributed by atoms with Crippen LogP contribution < -0.4 is 0 Å². The number of hydrogen-bond acceptors (Lipinski definition) is 2. The third-order valence-corrected chi connectivity index (χ3v) is 4.98. The first-order valence-corrected chi connectivity index (χ1v) is 7.88. The number of hydrogen-bond donors (Lipinski definition) is 0. The van der Waals surface area contributed by atoms with E-state index in [-0.39, 0.29) is 11.9 Å². The molecule has 0 radical (unpaired) electrons. The summed E-state index contributed by atoms with van der Waals surface area (Å²) in [6.45, 7) is 0. The van der Waals surface area contributed by atoms with Crippen LogP contribution in [0.2, 0.25) is 0 Å². The number of rotatable bonds is 3. The van der Waals surface area contributed by atoms with Crippen LogP contribution in [-0.2, 0) is 14.9 Å². The van der Waals surface area contributed by atoms with E-state index < -0.39 is 5.41 Å². The fraction of sp³-hybridized carbons (Fsp3) is 0.190. The van der Waals surface area contributed by atoms with Crippen molar-refractivity contribution in [3.05, 3.63) is 83.9 Å². The zero-order chi connectivity index (χ0) is 15.9. The van der Waals surface area contributed by atoms with Crippen LogP contribution in [0.5, 0.6) is 0 Å². The van der Waals surface area contributed by atoms with Gasteiger partial charge in [-0.1, -0.05) is 66.7 Å². The molecule has 0 saturated heterocycles. The highest BCUT2D eigenvalue weighted by Gasteiger charge is 2.62. The molecule has 114 valence electrons. The van der Waals surface area contributed by atoms with Gasteiger partial charge in [0.15, 0.2) is 0 Å². The lowest BCUT2D eigenvalue weighted by atomic mass is 9.89. The molecule has 3 aromatic rings. The quantitative estimate of drug-likeness (QED) is 0.669. The second-order valence-electron chi connectivity index (χ2n) is 6.19. The van der Waals surface area contributed by atoms with Gasteiger partial charge in [-0.15, -0.1) is 0 Å². The number of esters is 1. The van der Waals surface area contributed by atoms with Gasteiger partial charge in [-0.05, 0) is 34.4 Å². The maximum Gasteiger partial charge on any atom is 0.316 e. The minimum atomic E-state index is -0.542. The summed E-state index contributed by atoms with van der Waals surface area (Å²) in [5.74, 6) is 0.0546. The minimum absolute atomic E-state index is 0.137. The zero-order valence-electron chi connectivity index (χ0n) is 13.0. The second-order valence-corrected chi connectivity index (χ2v) is 6.19. The number of carbonyl (C=O) groups is 1. The van der Waals surface area contributed by atoms with E-state index in [2.05, 4.69) is 42.5 Å². The van der Waals surface area contributed by atoms with Crippen LogP contribution in [0.4, 0.5) is 0 Å². The topological polar surface area (TPSA) is 26.3 Å². The van der Waals surface area contributed by atoms with Crippen molar-refractivity contribution < 1.29 is 9.53 Å². The van der Waals surface area contributed by atoms with Gasteiger partial charge in [-0.2, -0.15) is 0 Å². The van der Waals surface area contributed by atoms with Crippen molar-refractivity contribution in [3.8, 4) is 0 Å².